The van der Waals surface area contributed by atoms with Crippen LogP contribution in [0.1, 0.15) is 16.2 Å². The van der Waals surface area contributed by atoms with Gasteiger partial charge in [0.15, 0.2) is 0 Å². The van der Waals surface area contributed by atoms with Crippen molar-refractivity contribution in [2.45, 2.75) is 6.92 Å². The number of aryl methyl sites for hydroxylation is 1. The number of amides is 1. The molecular formula is C19H18N4O. The lowest BCUT2D eigenvalue weighted by Gasteiger charge is -2.18. The fourth-order valence-electron chi connectivity index (χ4n) is 2.30. The maximum atomic E-state index is 12.5. The Hall–Kier alpha value is -3.21. The quantitative estimate of drug-likeness (QED) is 0.795. The van der Waals surface area contributed by atoms with Crippen LogP contribution in [0.4, 0.5) is 17.3 Å². The van der Waals surface area contributed by atoms with Crippen LogP contribution in [-0.4, -0.2) is 22.9 Å². The molecule has 0 radical (unpaired) electrons. The predicted octanol–water partition coefficient (Wildman–Crippen LogP) is 3.81. The molecule has 0 fully saturated rings. The van der Waals surface area contributed by atoms with Gasteiger partial charge in [-0.05, 0) is 37.3 Å². The van der Waals surface area contributed by atoms with Gasteiger partial charge in [0.25, 0.3) is 5.91 Å². The van der Waals surface area contributed by atoms with Crippen molar-refractivity contribution in [3.05, 3.63) is 78.1 Å². The molecule has 0 atom stereocenters. The molecule has 0 aliphatic heterocycles. The van der Waals surface area contributed by atoms with Gasteiger partial charge >= 0.3 is 0 Å². The van der Waals surface area contributed by atoms with Gasteiger partial charge in [-0.1, -0.05) is 36.4 Å². The lowest BCUT2D eigenvalue weighted by atomic mass is 10.2. The number of aromatic nitrogens is 2. The van der Waals surface area contributed by atoms with E-state index < -0.39 is 0 Å². The second-order valence-corrected chi connectivity index (χ2v) is 5.41. The van der Waals surface area contributed by atoms with Gasteiger partial charge < -0.3 is 10.2 Å². The average Bonchev–Trinajstić information content (AvgIpc) is 2.62. The van der Waals surface area contributed by atoms with Crippen LogP contribution in [0, 0.1) is 6.92 Å². The highest BCUT2D eigenvalue weighted by Gasteiger charge is 2.14. The number of hydrogen-bond acceptors (Lipinski definition) is 4. The zero-order valence-electron chi connectivity index (χ0n) is 13.6. The van der Waals surface area contributed by atoms with Crippen molar-refractivity contribution < 1.29 is 4.79 Å². The zero-order chi connectivity index (χ0) is 16.9. The van der Waals surface area contributed by atoms with E-state index in [2.05, 4.69) is 15.3 Å². The molecule has 0 aliphatic rings. The SMILES string of the molecule is Cc1cc(C(=O)Nc2ccccc2)nc(N(C)c2ccccc2)n1. The molecule has 0 saturated heterocycles. The molecule has 120 valence electrons. The molecule has 5 nitrogen and oxygen atoms in total. The molecule has 1 N–H and O–H groups in total. The summed E-state index contributed by atoms with van der Waals surface area (Å²) < 4.78 is 0. The highest BCUT2D eigenvalue weighted by molar-refractivity contribution is 6.03. The summed E-state index contributed by atoms with van der Waals surface area (Å²) in [5.74, 6) is 0.230. The Morgan fingerprint density at radius 1 is 0.958 bits per heavy atom. The molecule has 24 heavy (non-hydrogen) atoms. The molecule has 1 amide bonds. The van der Waals surface area contributed by atoms with E-state index in [1.54, 1.807) is 6.07 Å². The highest BCUT2D eigenvalue weighted by Crippen LogP contribution is 2.20. The van der Waals surface area contributed by atoms with E-state index in [1.807, 2.05) is 79.5 Å². The lowest BCUT2D eigenvalue weighted by Crippen LogP contribution is -2.19. The van der Waals surface area contributed by atoms with Gasteiger partial charge in [0.2, 0.25) is 5.95 Å². The van der Waals surface area contributed by atoms with Crippen LogP contribution in [0.3, 0.4) is 0 Å². The molecule has 1 aromatic heterocycles. The molecule has 0 saturated carbocycles. The fourth-order valence-corrected chi connectivity index (χ4v) is 2.30. The van der Waals surface area contributed by atoms with Gasteiger partial charge in [0.05, 0.1) is 0 Å². The second kappa shape index (κ2) is 6.91. The Morgan fingerprint density at radius 3 is 2.25 bits per heavy atom. The van der Waals surface area contributed by atoms with Crippen LogP contribution in [0.5, 0.6) is 0 Å². The van der Waals surface area contributed by atoms with Gasteiger partial charge in [-0.2, -0.15) is 0 Å². The molecule has 3 aromatic rings. The maximum absolute atomic E-state index is 12.5. The van der Waals surface area contributed by atoms with Crippen LogP contribution in [0.25, 0.3) is 0 Å². The number of carbonyl (C=O) groups excluding carboxylic acids is 1. The molecular weight excluding hydrogens is 300 g/mol. The third kappa shape index (κ3) is 3.57. The third-order valence-electron chi connectivity index (χ3n) is 3.55. The first-order valence-corrected chi connectivity index (χ1v) is 7.64. The van der Waals surface area contributed by atoms with Gasteiger partial charge in [0.1, 0.15) is 5.69 Å². The molecule has 1 heterocycles. The summed E-state index contributed by atoms with van der Waals surface area (Å²) in [5.41, 5.74) is 2.76. The van der Waals surface area contributed by atoms with E-state index in [-0.39, 0.29) is 5.91 Å². The second-order valence-electron chi connectivity index (χ2n) is 5.41. The van der Waals surface area contributed by atoms with E-state index >= 15 is 0 Å². The summed E-state index contributed by atoms with van der Waals surface area (Å²) in [6, 6.07) is 20.8. The lowest BCUT2D eigenvalue weighted by molar-refractivity contribution is 0.102. The maximum Gasteiger partial charge on any atom is 0.274 e. The first kappa shape index (κ1) is 15.7. The Balaban J connectivity index is 1.87. The number of carbonyl (C=O) groups is 1. The van der Waals surface area contributed by atoms with Gasteiger partial charge in [0, 0.05) is 24.1 Å². The summed E-state index contributed by atoms with van der Waals surface area (Å²) in [6.07, 6.45) is 0. The number of para-hydroxylation sites is 2. The summed E-state index contributed by atoms with van der Waals surface area (Å²) in [5, 5.41) is 2.84. The minimum atomic E-state index is -0.255. The first-order valence-electron chi connectivity index (χ1n) is 7.64. The van der Waals surface area contributed by atoms with E-state index in [0.717, 1.165) is 17.1 Å². The van der Waals surface area contributed by atoms with Crippen LogP contribution >= 0.6 is 0 Å². The molecule has 0 bridgehead atoms. The summed E-state index contributed by atoms with van der Waals surface area (Å²) in [6.45, 7) is 1.85. The Bertz CT molecular complexity index is 835. The monoisotopic (exact) mass is 318 g/mol. The highest BCUT2D eigenvalue weighted by atomic mass is 16.1. The Morgan fingerprint density at radius 2 is 1.58 bits per heavy atom. The standard InChI is InChI=1S/C19H18N4O/c1-14-13-17(18(24)21-15-9-5-3-6-10-15)22-19(20-14)23(2)16-11-7-4-8-12-16/h3-13H,1-2H3,(H,21,24). The Kier molecular flexibility index (Phi) is 4.52. The molecule has 2 aromatic carbocycles. The van der Waals surface area contributed by atoms with Crippen LogP contribution in [-0.2, 0) is 0 Å². The Labute approximate surface area is 141 Å². The average molecular weight is 318 g/mol. The van der Waals surface area contributed by atoms with Crippen molar-refractivity contribution in [3.8, 4) is 0 Å². The number of hydrogen-bond donors (Lipinski definition) is 1. The first-order chi connectivity index (χ1) is 11.6. The van der Waals surface area contributed by atoms with Gasteiger partial charge in [-0.15, -0.1) is 0 Å². The summed E-state index contributed by atoms with van der Waals surface area (Å²) in [4.78, 5) is 23.2. The largest absolute Gasteiger partial charge is 0.321 e. The molecule has 3 rings (SSSR count). The van der Waals surface area contributed by atoms with Crippen molar-refractivity contribution in [2.75, 3.05) is 17.3 Å². The number of nitrogens with zero attached hydrogens (tertiary/aromatic N) is 3. The van der Waals surface area contributed by atoms with Gasteiger partial charge in [-0.25, -0.2) is 9.97 Å². The number of rotatable bonds is 4. The fraction of sp³-hybridized carbons (Fsp3) is 0.105. The van der Waals surface area contributed by atoms with Crippen molar-refractivity contribution in [1.82, 2.24) is 9.97 Å². The number of anilines is 3. The minimum Gasteiger partial charge on any atom is -0.321 e. The molecule has 0 aliphatic carbocycles. The van der Waals surface area contributed by atoms with Crippen LogP contribution in [0.2, 0.25) is 0 Å². The van der Waals surface area contributed by atoms with E-state index in [9.17, 15) is 4.79 Å². The molecule has 0 unspecified atom stereocenters. The van der Waals surface area contributed by atoms with Crippen LogP contribution < -0.4 is 10.2 Å². The minimum absolute atomic E-state index is 0.255. The van der Waals surface area contributed by atoms with Crippen molar-refractivity contribution >= 4 is 23.2 Å². The van der Waals surface area contributed by atoms with Crippen molar-refractivity contribution in [1.29, 1.82) is 0 Å². The molecule has 0 spiro atoms. The third-order valence-corrected chi connectivity index (χ3v) is 3.55. The summed E-state index contributed by atoms with van der Waals surface area (Å²) in [7, 11) is 1.88. The predicted molar refractivity (Wildman–Crippen MR) is 95.7 cm³/mol. The summed E-state index contributed by atoms with van der Waals surface area (Å²) >= 11 is 0. The van der Waals surface area contributed by atoms with E-state index in [0.29, 0.717) is 11.6 Å². The number of nitrogens with one attached hydrogen (secondary N) is 1. The van der Waals surface area contributed by atoms with Gasteiger partial charge in [-0.3, -0.25) is 4.79 Å². The van der Waals surface area contributed by atoms with Crippen LogP contribution in [0.15, 0.2) is 66.7 Å². The normalized spacial score (nSPS) is 10.2. The van der Waals surface area contributed by atoms with Crippen molar-refractivity contribution in [3.63, 3.8) is 0 Å². The van der Waals surface area contributed by atoms with E-state index in [4.69, 9.17) is 0 Å². The van der Waals surface area contributed by atoms with E-state index in [1.165, 1.54) is 0 Å². The molecule has 5 heteroatoms. The smallest absolute Gasteiger partial charge is 0.274 e. The van der Waals surface area contributed by atoms with Crippen molar-refractivity contribution in [2.24, 2.45) is 0 Å². The topological polar surface area (TPSA) is 58.1 Å². The number of benzene rings is 2. The zero-order valence-corrected chi connectivity index (χ0v) is 13.6.